The fraction of sp³-hybridized carbons (Fsp3) is 0.280. The molecule has 0 atom stereocenters. The summed E-state index contributed by atoms with van der Waals surface area (Å²) >= 11 is 0. The topological polar surface area (TPSA) is 9.23 Å². The minimum atomic E-state index is -4.69. The average molecular weight is 486 g/mol. The maximum Gasteiger partial charge on any atom is 0.432 e. The van der Waals surface area contributed by atoms with Crippen molar-refractivity contribution in [3.63, 3.8) is 0 Å². The Morgan fingerprint density at radius 1 is 0.735 bits per heavy atom. The molecule has 1 fully saturated rings. The monoisotopic (exact) mass is 486 g/mol. The molecule has 3 aromatic carbocycles. The van der Waals surface area contributed by atoms with Crippen molar-refractivity contribution in [3.05, 3.63) is 88.5 Å². The van der Waals surface area contributed by atoms with Crippen molar-refractivity contribution in [3.8, 4) is 16.9 Å². The van der Waals surface area contributed by atoms with E-state index in [1.165, 1.54) is 0 Å². The van der Waals surface area contributed by atoms with Gasteiger partial charge in [-0.3, -0.25) is 0 Å². The Morgan fingerprint density at radius 2 is 1.26 bits per heavy atom. The van der Waals surface area contributed by atoms with Gasteiger partial charge in [0.15, 0.2) is 0 Å². The summed E-state index contributed by atoms with van der Waals surface area (Å²) in [6.45, 7) is 0. The van der Waals surface area contributed by atoms with Gasteiger partial charge in [0.1, 0.15) is 34.6 Å². The van der Waals surface area contributed by atoms with Crippen LogP contribution in [0.25, 0.3) is 11.1 Å². The van der Waals surface area contributed by atoms with Gasteiger partial charge in [-0.05, 0) is 47.6 Å². The molecule has 0 aromatic heterocycles. The second kappa shape index (κ2) is 9.27. The summed E-state index contributed by atoms with van der Waals surface area (Å²) in [5.74, 6) is -7.76. The van der Waals surface area contributed by atoms with E-state index >= 15 is 0 Å². The minimum absolute atomic E-state index is 0.00546. The first-order valence-corrected chi connectivity index (χ1v) is 10.5. The molecule has 0 bridgehead atoms. The van der Waals surface area contributed by atoms with Crippen LogP contribution in [0.2, 0.25) is 0 Å². The highest BCUT2D eigenvalue weighted by Gasteiger charge is 2.41. The van der Waals surface area contributed by atoms with Gasteiger partial charge in [0, 0.05) is 12.1 Å². The van der Waals surface area contributed by atoms with Gasteiger partial charge < -0.3 is 4.74 Å². The lowest BCUT2D eigenvalue weighted by Crippen LogP contribution is -2.25. The average Bonchev–Trinajstić information content (AvgIpc) is 3.27. The number of hydrogen-bond acceptors (Lipinski definition) is 1. The van der Waals surface area contributed by atoms with Crippen molar-refractivity contribution in [2.45, 2.75) is 44.1 Å². The Kier molecular flexibility index (Phi) is 6.55. The van der Waals surface area contributed by atoms with Crippen LogP contribution in [0, 0.1) is 23.3 Å². The molecular formula is C25H18F8O. The normalized spacial score (nSPS) is 14.7. The zero-order valence-corrected chi connectivity index (χ0v) is 17.5. The number of rotatable bonds is 6. The Labute approximate surface area is 190 Å². The van der Waals surface area contributed by atoms with Crippen molar-refractivity contribution in [2.24, 2.45) is 0 Å². The Hall–Kier alpha value is -3.10. The van der Waals surface area contributed by atoms with Gasteiger partial charge in [0.05, 0.1) is 5.56 Å². The summed E-state index contributed by atoms with van der Waals surface area (Å²) < 4.78 is 115. The SMILES string of the molecule is Fc1cc(OC(F)(F)c2c(F)cc(-c3ccc(C4CCCC4)cc3)cc2F)cc(F)c1C(F)F. The lowest BCUT2D eigenvalue weighted by atomic mass is 9.94. The quantitative estimate of drug-likeness (QED) is 0.317. The van der Waals surface area contributed by atoms with Gasteiger partial charge in [-0.2, -0.15) is 8.78 Å². The third kappa shape index (κ3) is 4.74. The summed E-state index contributed by atoms with van der Waals surface area (Å²) in [5.41, 5.74) is -1.90. The van der Waals surface area contributed by atoms with Crippen LogP contribution in [0.5, 0.6) is 5.75 Å². The van der Waals surface area contributed by atoms with Crippen LogP contribution in [0.1, 0.15) is 54.7 Å². The Bertz CT molecular complexity index is 1140. The van der Waals surface area contributed by atoms with Crippen LogP contribution in [0.15, 0.2) is 48.5 Å². The number of hydrogen-bond donors (Lipinski definition) is 0. The molecule has 0 spiro atoms. The third-order valence-corrected chi connectivity index (χ3v) is 5.92. The van der Waals surface area contributed by atoms with Crippen molar-refractivity contribution in [2.75, 3.05) is 0 Å². The molecule has 0 amide bonds. The molecule has 1 aliphatic rings. The standard InChI is InChI=1S/C25H18F8O/c26-18-11-17(12-19(27)22(18)24(30)31)34-25(32,33)23-20(28)9-16(10-21(23)29)15-7-5-14(6-8-15)13-3-1-2-4-13/h5-13,24H,1-4H2. The number of alkyl halides is 4. The van der Waals surface area contributed by atoms with E-state index in [0.29, 0.717) is 23.6 Å². The molecule has 0 N–H and O–H groups in total. The van der Waals surface area contributed by atoms with Gasteiger partial charge in [-0.15, -0.1) is 0 Å². The second-order valence-corrected chi connectivity index (χ2v) is 8.14. The Balaban J connectivity index is 1.61. The summed E-state index contributed by atoms with van der Waals surface area (Å²) in [7, 11) is 0. The first-order valence-electron chi connectivity index (χ1n) is 10.5. The molecular weight excluding hydrogens is 468 g/mol. The smallest absolute Gasteiger partial charge is 0.429 e. The van der Waals surface area contributed by atoms with Gasteiger partial charge in [0.2, 0.25) is 0 Å². The number of benzene rings is 3. The fourth-order valence-corrected chi connectivity index (χ4v) is 4.25. The van der Waals surface area contributed by atoms with Gasteiger partial charge >= 0.3 is 6.11 Å². The lowest BCUT2D eigenvalue weighted by molar-refractivity contribution is -0.189. The predicted molar refractivity (Wildman–Crippen MR) is 109 cm³/mol. The van der Waals surface area contributed by atoms with Crippen LogP contribution < -0.4 is 4.74 Å². The summed E-state index contributed by atoms with van der Waals surface area (Å²) in [4.78, 5) is 0. The molecule has 1 nitrogen and oxygen atoms in total. The van der Waals surface area contributed by atoms with Gasteiger partial charge in [-0.1, -0.05) is 37.1 Å². The van der Waals surface area contributed by atoms with E-state index in [2.05, 4.69) is 4.74 Å². The van der Waals surface area contributed by atoms with Crippen LogP contribution in [0.4, 0.5) is 35.1 Å². The van der Waals surface area contributed by atoms with Crippen molar-refractivity contribution >= 4 is 0 Å². The first kappa shape index (κ1) is 24.0. The van der Waals surface area contributed by atoms with E-state index in [1.54, 1.807) is 12.1 Å². The highest BCUT2D eigenvalue weighted by atomic mass is 19.3. The molecule has 0 heterocycles. The highest BCUT2D eigenvalue weighted by Crippen LogP contribution is 2.39. The van der Waals surface area contributed by atoms with E-state index in [9.17, 15) is 35.1 Å². The summed E-state index contributed by atoms with van der Waals surface area (Å²) in [6.07, 6.45) is -3.84. The molecule has 9 heteroatoms. The van der Waals surface area contributed by atoms with Crippen LogP contribution in [-0.4, -0.2) is 0 Å². The number of ether oxygens (including phenoxy) is 1. The molecule has 1 saturated carbocycles. The van der Waals surface area contributed by atoms with E-state index < -0.39 is 52.7 Å². The molecule has 1 aliphatic carbocycles. The molecule has 3 aromatic rings. The van der Waals surface area contributed by atoms with Gasteiger partial charge in [-0.25, -0.2) is 26.3 Å². The third-order valence-electron chi connectivity index (χ3n) is 5.92. The number of halogens is 8. The summed E-state index contributed by atoms with van der Waals surface area (Å²) in [5, 5.41) is 0. The largest absolute Gasteiger partial charge is 0.432 e. The van der Waals surface area contributed by atoms with E-state index in [0.717, 1.165) is 31.2 Å². The maximum absolute atomic E-state index is 14.6. The predicted octanol–water partition coefficient (Wildman–Crippen LogP) is 8.63. The summed E-state index contributed by atoms with van der Waals surface area (Å²) in [6, 6.07) is 8.53. The molecule has 0 unspecified atom stereocenters. The molecule has 180 valence electrons. The van der Waals surface area contributed by atoms with Crippen molar-refractivity contribution in [1.29, 1.82) is 0 Å². The molecule has 4 rings (SSSR count). The molecule has 0 aliphatic heterocycles. The second-order valence-electron chi connectivity index (χ2n) is 8.14. The fourth-order valence-electron chi connectivity index (χ4n) is 4.25. The Morgan fingerprint density at radius 3 is 1.76 bits per heavy atom. The van der Waals surface area contributed by atoms with Crippen molar-refractivity contribution in [1.82, 2.24) is 0 Å². The van der Waals surface area contributed by atoms with E-state index in [4.69, 9.17) is 0 Å². The lowest BCUT2D eigenvalue weighted by Gasteiger charge is -2.20. The zero-order chi connectivity index (χ0) is 24.6. The highest BCUT2D eigenvalue weighted by molar-refractivity contribution is 5.64. The van der Waals surface area contributed by atoms with Gasteiger partial charge in [0.25, 0.3) is 6.43 Å². The minimum Gasteiger partial charge on any atom is -0.429 e. The van der Waals surface area contributed by atoms with Crippen LogP contribution in [0.3, 0.4) is 0 Å². The molecule has 0 saturated heterocycles. The maximum atomic E-state index is 14.6. The van der Waals surface area contributed by atoms with Crippen molar-refractivity contribution < 1.29 is 39.9 Å². The molecule has 0 radical (unpaired) electrons. The van der Waals surface area contributed by atoms with Crippen LogP contribution >= 0.6 is 0 Å². The van der Waals surface area contributed by atoms with Crippen LogP contribution in [-0.2, 0) is 6.11 Å². The molecule has 34 heavy (non-hydrogen) atoms. The zero-order valence-electron chi connectivity index (χ0n) is 17.5. The van der Waals surface area contributed by atoms with E-state index in [-0.39, 0.29) is 17.7 Å². The first-order chi connectivity index (χ1) is 16.1. The van der Waals surface area contributed by atoms with E-state index in [1.807, 2.05) is 12.1 Å².